The molecule has 2 N–H and O–H groups in total. The lowest BCUT2D eigenvalue weighted by molar-refractivity contribution is -0.274. The Bertz CT molecular complexity index is 1580. The van der Waals surface area contributed by atoms with E-state index in [0.717, 1.165) is 35.4 Å². The molecule has 0 unspecified atom stereocenters. The number of hydrogen-bond acceptors (Lipinski definition) is 6. The van der Waals surface area contributed by atoms with Crippen LogP contribution in [0.25, 0.3) is 11.1 Å². The average molecular weight is 583 g/mol. The Hall–Kier alpha value is -2.97. The third kappa shape index (κ3) is 5.54. The minimum atomic E-state index is -4.92. The van der Waals surface area contributed by atoms with E-state index >= 15 is 0 Å². The van der Waals surface area contributed by atoms with Gasteiger partial charge in [-0.3, -0.25) is 0 Å². The highest BCUT2D eigenvalue weighted by atomic mass is 32.2. The van der Waals surface area contributed by atoms with Crippen LogP contribution >= 0.6 is 0 Å². The molecule has 1 heterocycles. The fourth-order valence-corrected chi connectivity index (χ4v) is 8.34. The van der Waals surface area contributed by atoms with Crippen LogP contribution in [0.15, 0.2) is 82.6 Å². The maximum Gasteiger partial charge on any atom is 0.573 e. The molecule has 0 amide bonds. The summed E-state index contributed by atoms with van der Waals surface area (Å²) in [4.78, 5) is -0.220. The number of ether oxygens (including phenoxy) is 1. The summed E-state index contributed by atoms with van der Waals surface area (Å²) in [5.74, 6) is -0.578. The molecule has 0 aromatic heterocycles. The van der Waals surface area contributed by atoms with Crippen LogP contribution in [0.4, 0.5) is 13.2 Å². The van der Waals surface area contributed by atoms with Gasteiger partial charge in [0, 0.05) is 18.2 Å². The van der Waals surface area contributed by atoms with E-state index in [0.29, 0.717) is 18.4 Å². The van der Waals surface area contributed by atoms with E-state index in [2.05, 4.69) is 9.46 Å². The van der Waals surface area contributed by atoms with Crippen molar-refractivity contribution in [3.8, 4) is 16.9 Å². The number of rotatable bonds is 5. The van der Waals surface area contributed by atoms with Gasteiger partial charge in [-0.25, -0.2) is 21.6 Å². The first kappa shape index (κ1) is 27.6. The standard InChI is InChI=1S/C26H25F3N2O6S2/c27-26(28,29)37-18-12-14-19(15-13-18)38(33,34)30-22-9-5-10-23(25(22)32)31-16-17-6-1-2-7-20(17)21-8-3-4-11-24(21)39(31,35)36/h1-4,6-8,11-15,22-23,25,30,32H,5,9-10,16H2/t22-,23+,25+/m1/s1. The van der Waals surface area contributed by atoms with Gasteiger partial charge in [0.05, 0.1) is 21.9 Å². The second-order valence-electron chi connectivity index (χ2n) is 9.44. The molecule has 2 aliphatic rings. The van der Waals surface area contributed by atoms with Crippen LogP contribution in [0.5, 0.6) is 5.75 Å². The Morgan fingerprint density at radius 1 is 0.923 bits per heavy atom. The van der Waals surface area contributed by atoms with Gasteiger partial charge >= 0.3 is 6.36 Å². The van der Waals surface area contributed by atoms with Crippen molar-refractivity contribution in [2.24, 2.45) is 0 Å². The zero-order chi connectivity index (χ0) is 28.0. The van der Waals surface area contributed by atoms with Crippen LogP contribution in [-0.2, 0) is 26.6 Å². The van der Waals surface area contributed by atoms with Crippen molar-refractivity contribution < 1.29 is 39.9 Å². The highest BCUT2D eigenvalue weighted by Crippen LogP contribution is 2.39. The maximum atomic E-state index is 13.9. The lowest BCUT2D eigenvalue weighted by Gasteiger charge is -2.40. The molecule has 1 fully saturated rings. The normalized spacial score (nSPS) is 23.3. The number of nitrogens with zero attached hydrogens (tertiary/aromatic N) is 1. The van der Waals surface area contributed by atoms with Crippen LogP contribution in [0.2, 0.25) is 0 Å². The maximum absolute atomic E-state index is 13.9. The summed E-state index contributed by atoms with van der Waals surface area (Å²) in [6.07, 6.45) is -5.31. The summed E-state index contributed by atoms with van der Waals surface area (Å²) in [5.41, 5.74) is 2.07. The third-order valence-electron chi connectivity index (χ3n) is 6.97. The molecule has 1 aliphatic carbocycles. The van der Waals surface area contributed by atoms with Crippen molar-refractivity contribution in [2.45, 2.75) is 60.1 Å². The van der Waals surface area contributed by atoms with Gasteiger partial charge in [-0.2, -0.15) is 4.31 Å². The predicted molar refractivity (Wildman–Crippen MR) is 135 cm³/mol. The van der Waals surface area contributed by atoms with Crippen LogP contribution in [0.1, 0.15) is 24.8 Å². The third-order valence-corrected chi connectivity index (χ3v) is 10.4. The van der Waals surface area contributed by atoms with Gasteiger partial charge in [-0.1, -0.05) is 48.9 Å². The molecule has 3 aromatic carbocycles. The van der Waals surface area contributed by atoms with E-state index in [9.17, 15) is 35.1 Å². The minimum Gasteiger partial charge on any atom is -0.406 e. The van der Waals surface area contributed by atoms with Gasteiger partial charge in [0.1, 0.15) is 5.75 Å². The fourth-order valence-electron chi connectivity index (χ4n) is 5.20. The van der Waals surface area contributed by atoms with E-state index in [4.69, 9.17) is 0 Å². The molecule has 13 heteroatoms. The van der Waals surface area contributed by atoms with Crippen molar-refractivity contribution in [1.29, 1.82) is 0 Å². The van der Waals surface area contributed by atoms with E-state index in [-0.39, 0.29) is 22.8 Å². The molecule has 3 atom stereocenters. The van der Waals surface area contributed by atoms with E-state index in [1.807, 2.05) is 18.2 Å². The largest absolute Gasteiger partial charge is 0.573 e. The van der Waals surface area contributed by atoms with Crippen molar-refractivity contribution in [1.82, 2.24) is 9.03 Å². The van der Waals surface area contributed by atoms with Crippen molar-refractivity contribution >= 4 is 20.0 Å². The molecule has 0 spiro atoms. The Morgan fingerprint density at radius 2 is 1.56 bits per heavy atom. The average Bonchev–Trinajstić information content (AvgIpc) is 2.97. The summed E-state index contributed by atoms with van der Waals surface area (Å²) >= 11 is 0. The zero-order valence-corrected chi connectivity index (χ0v) is 22.0. The topological polar surface area (TPSA) is 113 Å². The lowest BCUT2D eigenvalue weighted by Crippen LogP contribution is -2.57. The lowest BCUT2D eigenvalue weighted by atomic mass is 9.88. The molecule has 8 nitrogen and oxygen atoms in total. The number of halogens is 3. The van der Waals surface area contributed by atoms with Gasteiger partial charge in [0.2, 0.25) is 20.0 Å². The van der Waals surface area contributed by atoms with Crippen molar-refractivity contribution in [3.63, 3.8) is 0 Å². The SMILES string of the molecule is O=S(=O)(N[C@@H]1CCC[C@H](N2Cc3ccccc3-c3ccccc3S2(=O)=O)[C@H]1O)c1ccc(OC(F)(F)F)cc1. The molecule has 1 saturated carbocycles. The van der Waals surface area contributed by atoms with Gasteiger partial charge in [0.25, 0.3) is 0 Å². The first-order chi connectivity index (χ1) is 18.4. The number of hydrogen-bond donors (Lipinski definition) is 2. The van der Waals surface area contributed by atoms with Crippen molar-refractivity contribution in [2.75, 3.05) is 0 Å². The fraction of sp³-hybridized carbons (Fsp3) is 0.308. The molecule has 3 aromatic rings. The number of aliphatic hydroxyl groups is 1. The minimum absolute atomic E-state index is 0.00491. The van der Waals surface area contributed by atoms with Gasteiger partial charge in [0.15, 0.2) is 0 Å². The highest BCUT2D eigenvalue weighted by Gasteiger charge is 2.44. The molecule has 208 valence electrons. The molecular weight excluding hydrogens is 557 g/mol. The summed E-state index contributed by atoms with van der Waals surface area (Å²) in [6, 6.07) is 15.6. The van der Waals surface area contributed by atoms with Gasteiger partial charge in [-0.05, 0) is 54.3 Å². The quantitative estimate of drug-likeness (QED) is 0.470. The molecule has 0 saturated heterocycles. The molecular formula is C26H25F3N2O6S2. The Balaban J connectivity index is 1.42. The first-order valence-electron chi connectivity index (χ1n) is 12.1. The number of sulfonamides is 2. The Kier molecular flexibility index (Phi) is 7.22. The van der Waals surface area contributed by atoms with Gasteiger partial charge < -0.3 is 9.84 Å². The highest BCUT2D eigenvalue weighted by molar-refractivity contribution is 7.89. The number of benzene rings is 3. The second kappa shape index (κ2) is 10.2. The molecule has 5 rings (SSSR count). The van der Waals surface area contributed by atoms with E-state index in [1.165, 1.54) is 10.4 Å². The van der Waals surface area contributed by atoms with Gasteiger partial charge in [-0.15, -0.1) is 13.2 Å². The molecule has 0 bridgehead atoms. The van der Waals surface area contributed by atoms with Crippen LogP contribution in [-0.4, -0.2) is 50.8 Å². The van der Waals surface area contributed by atoms with Crippen LogP contribution in [0, 0.1) is 0 Å². The summed E-state index contributed by atoms with van der Waals surface area (Å²) in [6.45, 7) is -0.00491. The Labute approximate surface area is 224 Å². The van der Waals surface area contributed by atoms with Crippen LogP contribution < -0.4 is 9.46 Å². The zero-order valence-electron chi connectivity index (χ0n) is 20.4. The van der Waals surface area contributed by atoms with Crippen LogP contribution in [0.3, 0.4) is 0 Å². The summed E-state index contributed by atoms with van der Waals surface area (Å²) in [5, 5.41) is 11.3. The van der Waals surface area contributed by atoms with E-state index in [1.54, 1.807) is 24.3 Å². The first-order valence-corrected chi connectivity index (χ1v) is 15.0. The Morgan fingerprint density at radius 3 is 2.26 bits per heavy atom. The second-order valence-corrected chi connectivity index (χ2v) is 13.0. The monoisotopic (exact) mass is 582 g/mol. The smallest absolute Gasteiger partial charge is 0.406 e. The molecule has 1 aliphatic heterocycles. The molecule has 39 heavy (non-hydrogen) atoms. The van der Waals surface area contributed by atoms with Crippen molar-refractivity contribution in [3.05, 3.63) is 78.4 Å². The van der Waals surface area contributed by atoms with E-state index < -0.39 is 50.3 Å². The number of fused-ring (bicyclic) bond motifs is 3. The predicted octanol–water partition coefficient (Wildman–Crippen LogP) is 4.02. The number of alkyl halides is 3. The number of nitrogens with one attached hydrogen (secondary N) is 1. The summed E-state index contributed by atoms with van der Waals surface area (Å²) in [7, 11) is -8.32. The number of aliphatic hydroxyl groups excluding tert-OH is 1. The molecule has 0 radical (unpaired) electrons. The summed E-state index contributed by atoms with van der Waals surface area (Å²) < 4.78 is 98.5.